The Morgan fingerprint density at radius 2 is 0.952 bits per heavy atom. The summed E-state index contributed by atoms with van der Waals surface area (Å²) in [5.41, 5.74) is 16.3. The number of nitrogens with zero attached hydrogens (tertiary/aromatic N) is 4. The lowest BCUT2D eigenvalue weighted by Gasteiger charge is -2.18. The predicted octanol–water partition coefficient (Wildman–Crippen LogP) is 14.5. The van der Waals surface area contributed by atoms with E-state index in [1.807, 2.05) is 0 Å². The third-order valence-electron chi connectivity index (χ3n) is 12.7. The fourth-order valence-electron chi connectivity index (χ4n) is 9.69. The van der Waals surface area contributed by atoms with Crippen LogP contribution in [0.15, 0.2) is 218 Å². The van der Waals surface area contributed by atoms with Crippen LogP contribution in [0.1, 0.15) is 35.1 Å². The van der Waals surface area contributed by atoms with E-state index >= 15 is 0 Å². The molecule has 0 N–H and O–H groups in total. The van der Waals surface area contributed by atoms with Crippen LogP contribution in [0.3, 0.4) is 0 Å². The van der Waals surface area contributed by atoms with Gasteiger partial charge in [-0.1, -0.05) is 194 Å². The highest BCUT2D eigenvalue weighted by Crippen LogP contribution is 2.49. The molecule has 0 fully saturated rings. The van der Waals surface area contributed by atoms with Gasteiger partial charge in [0, 0.05) is 38.9 Å². The number of rotatable bonds is 7. The highest BCUT2D eigenvalue weighted by molar-refractivity contribution is 6.09. The minimum atomic E-state index is 0.112. The average molecular weight is 793 g/mol. The molecule has 12 rings (SSSR count). The van der Waals surface area contributed by atoms with Crippen molar-refractivity contribution in [2.24, 2.45) is 0 Å². The zero-order valence-corrected chi connectivity index (χ0v) is 33.9. The van der Waals surface area contributed by atoms with Crippen molar-refractivity contribution in [3.8, 4) is 67.5 Å². The van der Waals surface area contributed by atoms with Crippen LogP contribution in [-0.4, -0.2) is 19.5 Å². The first-order valence-corrected chi connectivity index (χ1v) is 21.4. The number of para-hydroxylation sites is 1. The number of hydrogen-bond acceptors (Lipinski definition) is 3. The van der Waals surface area contributed by atoms with Gasteiger partial charge in [0.25, 0.3) is 0 Å². The Kier molecular flexibility index (Phi) is 8.67. The van der Waals surface area contributed by atoms with Gasteiger partial charge in [-0.2, -0.15) is 0 Å². The van der Waals surface area contributed by atoms with Crippen LogP contribution in [0.25, 0.3) is 89.4 Å². The van der Waals surface area contributed by atoms with Gasteiger partial charge in [-0.3, -0.25) is 0 Å². The van der Waals surface area contributed by atoms with Gasteiger partial charge >= 0.3 is 0 Å². The molecule has 0 bridgehead atoms. The Labute approximate surface area is 360 Å². The fourth-order valence-corrected chi connectivity index (χ4v) is 9.69. The maximum absolute atomic E-state index is 5.34. The predicted molar refractivity (Wildman–Crippen MR) is 255 cm³/mol. The van der Waals surface area contributed by atoms with E-state index in [1.165, 1.54) is 60.8 Å². The molecule has 0 aliphatic heterocycles. The molecule has 62 heavy (non-hydrogen) atoms. The van der Waals surface area contributed by atoms with E-state index in [4.69, 9.17) is 15.0 Å². The first-order chi connectivity index (χ1) is 30.7. The van der Waals surface area contributed by atoms with E-state index in [0.717, 1.165) is 34.2 Å². The summed E-state index contributed by atoms with van der Waals surface area (Å²) < 4.78 is 2.48. The number of hydrogen-bond donors (Lipinski definition) is 0. The summed E-state index contributed by atoms with van der Waals surface area (Å²) >= 11 is 0. The van der Waals surface area contributed by atoms with Crippen molar-refractivity contribution in [3.05, 3.63) is 235 Å². The molecule has 2 aliphatic carbocycles. The third kappa shape index (κ3) is 6.19. The van der Waals surface area contributed by atoms with E-state index in [1.54, 1.807) is 0 Å². The molecule has 4 heteroatoms. The molecule has 0 spiro atoms. The fraction of sp³-hybridized carbons (Fsp3) is 0.0517. The highest BCUT2D eigenvalue weighted by Gasteiger charge is 2.30. The van der Waals surface area contributed by atoms with Crippen LogP contribution in [0, 0.1) is 0 Å². The van der Waals surface area contributed by atoms with E-state index < -0.39 is 0 Å². The molecule has 0 saturated carbocycles. The summed E-state index contributed by atoms with van der Waals surface area (Å²) in [5, 5.41) is 2.47. The number of benzene rings is 8. The van der Waals surface area contributed by atoms with E-state index in [0.29, 0.717) is 17.5 Å². The maximum atomic E-state index is 5.34. The summed E-state index contributed by atoms with van der Waals surface area (Å²) in [4.78, 5) is 15.9. The molecule has 0 radical (unpaired) electrons. The summed E-state index contributed by atoms with van der Waals surface area (Å²) in [6.07, 6.45) is 9.79. The molecule has 2 heterocycles. The Morgan fingerprint density at radius 3 is 1.73 bits per heavy atom. The summed E-state index contributed by atoms with van der Waals surface area (Å²) in [6, 6.07) is 69.9. The lowest BCUT2D eigenvalue weighted by atomic mass is 9.89. The number of allylic oxidation sites excluding steroid dienone is 4. The van der Waals surface area contributed by atoms with Crippen LogP contribution in [-0.2, 0) is 0 Å². The lowest BCUT2D eigenvalue weighted by molar-refractivity contribution is 0.648. The second-order valence-electron chi connectivity index (χ2n) is 16.3. The monoisotopic (exact) mass is 792 g/mol. The molecule has 0 saturated heterocycles. The van der Waals surface area contributed by atoms with Crippen LogP contribution < -0.4 is 0 Å². The molecule has 4 nitrogen and oxygen atoms in total. The topological polar surface area (TPSA) is 43.6 Å². The zero-order chi connectivity index (χ0) is 41.0. The first kappa shape index (κ1) is 35.9. The van der Waals surface area contributed by atoms with Gasteiger partial charge in [0.2, 0.25) is 0 Å². The molecule has 2 unspecified atom stereocenters. The quantitative estimate of drug-likeness (QED) is 0.161. The number of fused-ring (bicyclic) bond motifs is 6. The van der Waals surface area contributed by atoms with Crippen LogP contribution in [0.4, 0.5) is 0 Å². The molecule has 2 aromatic heterocycles. The van der Waals surface area contributed by atoms with Gasteiger partial charge in [0.15, 0.2) is 17.5 Å². The van der Waals surface area contributed by atoms with Gasteiger partial charge in [0.1, 0.15) is 0 Å². The molecule has 8 aromatic carbocycles. The van der Waals surface area contributed by atoms with Crippen molar-refractivity contribution in [1.82, 2.24) is 19.5 Å². The molecule has 2 atom stereocenters. The van der Waals surface area contributed by atoms with E-state index in [9.17, 15) is 0 Å². The second kappa shape index (κ2) is 14.9. The zero-order valence-electron chi connectivity index (χ0n) is 33.9. The SMILES string of the molecule is C1=CCC(n2c3ccccc3c3ccc(-c4nc(-c5cccc(-c6ccc(-c7ccccc7)cc6)c5)nc(-c5ccc6c(c5)C(c5ccccc5)c5ccccc5-6)n4)cc32)C=C1. The van der Waals surface area contributed by atoms with Gasteiger partial charge in [0.05, 0.1) is 11.6 Å². The Morgan fingerprint density at radius 1 is 0.387 bits per heavy atom. The van der Waals surface area contributed by atoms with Gasteiger partial charge in [-0.25, -0.2) is 15.0 Å². The Bertz CT molecular complexity index is 3380. The molecule has 292 valence electrons. The summed E-state index contributed by atoms with van der Waals surface area (Å²) in [7, 11) is 0. The highest BCUT2D eigenvalue weighted by atomic mass is 15.0. The van der Waals surface area contributed by atoms with Crippen molar-refractivity contribution in [2.75, 3.05) is 0 Å². The third-order valence-corrected chi connectivity index (χ3v) is 12.7. The van der Waals surface area contributed by atoms with Crippen molar-refractivity contribution in [3.63, 3.8) is 0 Å². The van der Waals surface area contributed by atoms with Crippen LogP contribution in [0.2, 0.25) is 0 Å². The smallest absolute Gasteiger partial charge is 0.164 e. The van der Waals surface area contributed by atoms with E-state index in [-0.39, 0.29) is 12.0 Å². The van der Waals surface area contributed by atoms with Gasteiger partial charge in [-0.05, 0) is 80.8 Å². The van der Waals surface area contributed by atoms with Crippen molar-refractivity contribution in [2.45, 2.75) is 18.4 Å². The molecular weight excluding hydrogens is 753 g/mol. The number of aromatic nitrogens is 4. The van der Waals surface area contributed by atoms with Crippen molar-refractivity contribution < 1.29 is 0 Å². The average Bonchev–Trinajstić information content (AvgIpc) is 3.87. The molecule has 0 amide bonds. The second-order valence-corrected chi connectivity index (χ2v) is 16.3. The van der Waals surface area contributed by atoms with Crippen molar-refractivity contribution in [1.29, 1.82) is 0 Å². The Hall–Kier alpha value is -7.95. The standard InChI is InChI=1S/C58H40N4/c1-4-15-38(16-5-1)39-27-29-40(30-28-39)42-19-14-20-43(35-42)56-59-57(44-31-33-48-47-23-10-11-25-51(47)55(52(48)36-44)41-17-6-2-7-18-41)61-58(60-56)45-32-34-50-49-24-12-13-26-53(49)62(54(50)37-45)46-21-8-3-9-22-46/h1-21,23-37,46,55H,22H2. The van der Waals surface area contributed by atoms with Gasteiger partial charge in [-0.15, -0.1) is 0 Å². The van der Waals surface area contributed by atoms with Gasteiger partial charge < -0.3 is 4.57 Å². The van der Waals surface area contributed by atoms with Crippen molar-refractivity contribution >= 4 is 21.8 Å². The van der Waals surface area contributed by atoms with E-state index in [2.05, 4.69) is 223 Å². The first-order valence-electron chi connectivity index (χ1n) is 21.4. The minimum absolute atomic E-state index is 0.112. The minimum Gasteiger partial charge on any atom is -0.333 e. The largest absolute Gasteiger partial charge is 0.333 e. The summed E-state index contributed by atoms with van der Waals surface area (Å²) in [5.74, 6) is 2.04. The maximum Gasteiger partial charge on any atom is 0.164 e. The van der Waals surface area contributed by atoms with Crippen LogP contribution in [0.5, 0.6) is 0 Å². The summed E-state index contributed by atoms with van der Waals surface area (Å²) in [6.45, 7) is 0. The van der Waals surface area contributed by atoms with Crippen LogP contribution >= 0.6 is 0 Å². The molecule has 2 aliphatic rings. The normalized spacial score (nSPS) is 15.2. The molecular formula is C58H40N4. The lowest BCUT2D eigenvalue weighted by Crippen LogP contribution is -2.07. The molecule has 10 aromatic rings. The Balaban J connectivity index is 1.02.